The number of rotatable bonds is 3. The van der Waals surface area contributed by atoms with Gasteiger partial charge in [0.25, 0.3) is 0 Å². The second-order valence-electron chi connectivity index (χ2n) is 3.02. The van der Waals surface area contributed by atoms with E-state index in [1.807, 2.05) is 0 Å². The minimum absolute atomic E-state index is 0.293. The number of hydrogen-bond donors (Lipinski definition) is 1. The summed E-state index contributed by atoms with van der Waals surface area (Å²) in [7, 11) is 0. The summed E-state index contributed by atoms with van der Waals surface area (Å²) in [5.41, 5.74) is 14.6. The molecule has 0 radical (unpaired) electrons. The first-order valence-electron chi connectivity index (χ1n) is 4.76. The number of halogens is 1. The van der Waals surface area contributed by atoms with E-state index in [-0.39, 0.29) is 5.82 Å². The zero-order chi connectivity index (χ0) is 11.8. The molecule has 0 atom stereocenters. The smallest absolute Gasteiger partial charge is 0.138 e. The highest BCUT2D eigenvalue weighted by atomic mass is 19.1. The molecule has 1 aromatic carbocycles. The molecule has 0 aliphatic heterocycles. The Kier molecular flexibility index (Phi) is 4.87. The SMILES string of the molecule is [N-]=[N+]=NCCC#Cc1cc(CN)ccc1F. The number of benzene rings is 1. The summed E-state index contributed by atoms with van der Waals surface area (Å²) in [6, 6.07) is 4.59. The van der Waals surface area contributed by atoms with Gasteiger partial charge in [-0.05, 0) is 23.2 Å². The lowest BCUT2D eigenvalue weighted by Gasteiger charge is -1.98. The van der Waals surface area contributed by atoms with Crippen molar-refractivity contribution in [3.8, 4) is 11.8 Å². The Bertz CT molecular complexity index is 467. The number of nitrogens with zero attached hydrogens (tertiary/aromatic N) is 3. The van der Waals surface area contributed by atoms with Crippen LogP contribution in [0.15, 0.2) is 23.3 Å². The normalized spacial score (nSPS) is 8.88. The van der Waals surface area contributed by atoms with Crippen LogP contribution in [0.25, 0.3) is 10.4 Å². The van der Waals surface area contributed by atoms with Gasteiger partial charge in [0, 0.05) is 24.4 Å². The quantitative estimate of drug-likeness (QED) is 0.273. The standard InChI is InChI=1S/C11H11FN4/c12-11-5-4-9(8-13)7-10(11)3-1-2-6-15-16-14/h4-5,7H,2,6,8,13H2. The Morgan fingerprint density at radius 3 is 3.00 bits per heavy atom. The van der Waals surface area contributed by atoms with E-state index < -0.39 is 0 Å². The third-order valence-corrected chi connectivity index (χ3v) is 1.89. The van der Waals surface area contributed by atoms with Crippen molar-refractivity contribution in [3.05, 3.63) is 45.6 Å². The summed E-state index contributed by atoms with van der Waals surface area (Å²) in [6.07, 6.45) is 0.413. The fourth-order valence-electron chi connectivity index (χ4n) is 1.10. The van der Waals surface area contributed by atoms with Gasteiger partial charge in [-0.25, -0.2) is 4.39 Å². The molecule has 0 heterocycles. The zero-order valence-electron chi connectivity index (χ0n) is 8.65. The molecule has 4 nitrogen and oxygen atoms in total. The highest BCUT2D eigenvalue weighted by Gasteiger charge is 1.99. The highest BCUT2D eigenvalue weighted by Crippen LogP contribution is 2.08. The molecule has 0 aromatic heterocycles. The van der Waals surface area contributed by atoms with Gasteiger partial charge in [-0.15, -0.1) is 0 Å². The van der Waals surface area contributed by atoms with E-state index in [9.17, 15) is 4.39 Å². The van der Waals surface area contributed by atoms with Gasteiger partial charge in [0.05, 0.1) is 5.56 Å². The minimum atomic E-state index is -0.367. The van der Waals surface area contributed by atoms with Crippen LogP contribution in [0.5, 0.6) is 0 Å². The molecule has 0 amide bonds. The molecule has 16 heavy (non-hydrogen) atoms. The summed E-state index contributed by atoms with van der Waals surface area (Å²) < 4.78 is 13.3. The van der Waals surface area contributed by atoms with Gasteiger partial charge in [0.1, 0.15) is 5.82 Å². The monoisotopic (exact) mass is 218 g/mol. The lowest BCUT2D eigenvalue weighted by molar-refractivity contribution is 0.623. The first-order valence-corrected chi connectivity index (χ1v) is 4.76. The average molecular weight is 218 g/mol. The fraction of sp³-hybridized carbons (Fsp3) is 0.273. The van der Waals surface area contributed by atoms with E-state index in [1.54, 1.807) is 12.1 Å². The molecular formula is C11H11FN4. The summed E-state index contributed by atoms with van der Waals surface area (Å²) in [5, 5.41) is 3.32. The fourth-order valence-corrected chi connectivity index (χ4v) is 1.10. The second kappa shape index (κ2) is 6.46. The molecule has 0 fully saturated rings. The van der Waals surface area contributed by atoms with Crippen LogP contribution in [0.2, 0.25) is 0 Å². The van der Waals surface area contributed by atoms with Crippen molar-refractivity contribution in [3.63, 3.8) is 0 Å². The topological polar surface area (TPSA) is 74.8 Å². The predicted molar refractivity (Wildman–Crippen MR) is 59.8 cm³/mol. The van der Waals surface area contributed by atoms with Crippen molar-refractivity contribution in [2.24, 2.45) is 10.8 Å². The van der Waals surface area contributed by atoms with Gasteiger partial charge in [-0.3, -0.25) is 0 Å². The van der Waals surface area contributed by atoms with Crippen molar-refractivity contribution in [1.82, 2.24) is 0 Å². The lowest BCUT2D eigenvalue weighted by atomic mass is 10.1. The van der Waals surface area contributed by atoms with Crippen LogP contribution in [-0.4, -0.2) is 6.54 Å². The molecule has 1 aromatic rings. The Labute approximate surface area is 92.9 Å². The Morgan fingerprint density at radius 1 is 1.50 bits per heavy atom. The molecule has 2 N–H and O–H groups in total. The number of hydrogen-bond acceptors (Lipinski definition) is 2. The maximum Gasteiger partial charge on any atom is 0.138 e. The third-order valence-electron chi connectivity index (χ3n) is 1.89. The van der Waals surface area contributed by atoms with Crippen LogP contribution in [0, 0.1) is 17.7 Å². The molecule has 0 saturated carbocycles. The van der Waals surface area contributed by atoms with Crippen molar-refractivity contribution < 1.29 is 4.39 Å². The third kappa shape index (κ3) is 3.62. The zero-order valence-corrected chi connectivity index (χ0v) is 8.65. The molecule has 82 valence electrons. The first kappa shape index (κ1) is 12.1. The minimum Gasteiger partial charge on any atom is -0.326 e. The summed E-state index contributed by atoms with van der Waals surface area (Å²) >= 11 is 0. The van der Waals surface area contributed by atoms with Crippen LogP contribution in [0.4, 0.5) is 4.39 Å². The average Bonchev–Trinajstić information content (AvgIpc) is 2.31. The van der Waals surface area contributed by atoms with Gasteiger partial charge in [0.15, 0.2) is 0 Å². The van der Waals surface area contributed by atoms with E-state index in [1.165, 1.54) is 6.07 Å². The lowest BCUT2D eigenvalue weighted by Crippen LogP contribution is -1.97. The van der Waals surface area contributed by atoms with Crippen LogP contribution in [0.3, 0.4) is 0 Å². The van der Waals surface area contributed by atoms with E-state index in [0.29, 0.717) is 25.1 Å². The van der Waals surface area contributed by atoms with Gasteiger partial charge < -0.3 is 5.73 Å². The van der Waals surface area contributed by atoms with Crippen molar-refractivity contribution in [2.45, 2.75) is 13.0 Å². The van der Waals surface area contributed by atoms with E-state index in [4.69, 9.17) is 11.3 Å². The summed E-state index contributed by atoms with van der Waals surface area (Å²) in [6.45, 7) is 0.648. The molecule has 0 bridgehead atoms. The highest BCUT2D eigenvalue weighted by molar-refractivity contribution is 5.38. The number of azide groups is 1. The van der Waals surface area contributed by atoms with Crippen LogP contribution >= 0.6 is 0 Å². The van der Waals surface area contributed by atoms with Gasteiger partial charge >= 0.3 is 0 Å². The molecular weight excluding hydrogens is 207 g/mol. The van der Waals surface area contributed by atoms with Crippen molar-refractivity contribution in [1.29, 1.82) is 0 Å². The molecule has 1 rings (SSSR count). The van der Waals surface area contributed by atoms with E-state index >= 15 is 0 Å². The predicted octanol–water partition coefficient (Wildman–Crippen LogP) is 2.34. The van der Waals surface area contributed by atoms with Crippen LogP contribution in [-0.2, 0) is 6.54 Å². The first-order chi connectivity index (χ1) is 7.77. The van der Waals surface area contributed by atoms with Crippen molar-refractivity contribution >= 4 is 0 Å². The van der Waals surface area contributed by atoms with Gasteiger partial charge in [-0.1, -0.05) is 23.0 Å². The Hall–Kier alpha value is -2.02. The Balaban J connectivity index is 2.74. The molecule has 0 spiro atoms. The molecule has 0 saturated heterocycles. The molecule has 0 aliphatic rings. The van der Waals surface area contributed by atoms with E-state index in [2.05, 4.69) is 21.9 Å². The van der Waals surface area contributed by atoms with E-state index in [0.717, 1.165) is 5.56 Å². The molecule has 0 unspecified atom stereocenters. The summed E-state index contributed by atoms with van der Waals surface area (Å²) in [4.78, 5) is 2.59. The van der Waals surface area contributed by atoms with Crippen LogP contribution in [0.1, 0.15) is 17.5 Å². The van der Waals surface area contributed by atoms with Crippen molar-refractivity contribution in [2.75, 3.05) is 6.54 Å². The van der Waals surface area contributed by atoms with Gasteiger partial charge in [0.2, 0.25) is 0 Å². The molecule has 5 heteroatoms. The maximum atomic E-state index is 13.3. The summed E-state index contributed by atoms with van der Waals surface area (Å²) in [5.74, 6) is 5.05. The van der Waals surface area contributed by atoms with Gasteiger partial charge in [-0.2, -0.15) is 0 Å². The second-order valence-corrected chi connectivity index (χ2v) is 3.02. The maximum absolute atomic E-state index is 13.3. The number of nitrogens with two attached hydrogens (primary N) is 1. The van der Waals surface area contributed by atoms with Crippen LogP contribution < -0.4 is 5.73 Å². The largest absolute Gasteiger partial charge is 0.326 e. The Morgan fingerprint density at radius 2 is 2.31 bits per heavy atom. The molecule has 0 aliphatic carbocycles.